The Morgan fingerprint density at radius 1 is 1.17 bits per heavy atom. The van der Waals surface area contributed by atoms with Crippen LogP contribution in [0.5, 0.6) is 5.75 Å². The first-order valence-electron chi connectivity index (χ1n) is 7.65. The minimum Gasteiger partial charge on any atom is -0.427 e. The average molecular weight is 329 g/mol. The van der Waals surface area contributed by atoms with Crippen molar-refractivity contribution in [2.24, 2.45) is 0 Å². The van der Waals surface area contributed by atoms with Crippen LogP contribution in [0.3, 0.4) is 0 Å². The van der Waals surface area contributed by atoms with Crippen LogP contribution < -0.4 is 15.3 Å². The molecule has 0 aliphatic heterocycles. The predicted molar refractivity (Wildman–Crippen MR) is 81.9 cm³/mol. The molecule has 4 nitrogen and oxygen atoms in total. The number of alkyl halides is 3. The molecule has 0 heterocycles. The summed E-state index contributed by atoms with van der Waals surface area (Å²) in [4.78, 5) is 0. The first-order valence-corrected chi connectivity index (χ1v) is 7.65. The van der Waals surface area contributed by atoms with E-state index in [0.29, 0.717) is 18.6 Å². The van der Waals surface area contributed by atoms with Crippen LogP contribution >= 0.6 is 0 Å². The number of benzene rings is 1. The van der Waals surface area contributed by atoms with E-state index in [0.717, 1.165) is 31.2 Å². The Labute approximate surface area is 135 Å². The van der Waals surface area contributed by atoms with Crippen LogP contribution in [-0.2, 0) is 11.2 Å². The fourth-order valence-corrected chi connectivity index (χ4v) is 2.74. The van der Waals surface area contributed by atoms with Gasteiger partial charge in [0.15, 0.2) is 0 Å². The molecule has 1 aromatic rings. The van der Waals surface area contributed by atoms with E-state index in [4.69, 9.17) is 4.65 Å². The van der Waals surface area contributed by atoms with Gasteiger partial charge in [0, 0.05) is 19.7 Å². The standard InChI is InChI=1S/C15H21BF3N2O2/c1-22-16-21-13-7-5-12(6-8-13)20-10-11-3-2-4-14(9-11)23-15(17,18)19/h2-4,9,12-13,20-21H,5-8,10H2,1H3. The molecule has 2 N–H and O–H groups in total. The normalized spacial score (nSPS) is 21.9. The van der Waals surface area contributed by atoms with Crippen molar-refractivity contribution in [1.29, 1.82) is 0 Å². The molecule has 127 valence electrons. The Morgan fingerprint density at radius 2 is 1.87 bits per heavy atom. The third-order valence-corrected chi connectivity index (χ3v) is 3.88. The number of ether oxygens (including phenoxy) is 1. The highest BCUT2D eigenvalue weighted by atomic mass is 19.4. The van der Waals surface area contributed by atoms with E-state index >= 15 is 0 Å². The Kier molecular flexibility index (Phi) is 6.74. The predicted octanol–water partition coefficient (Wildman–Crippen LogP) is 2.76. The molecule has 1 radical (unpaired) electrons. The van der Waals surface area contributed by atoms with Gasteiger partial charge >= 0.3 is 14.0 Å². The summed E-state index contributed by atoms with van der Waals surface area (Å²) >= 11 is 0. The first-order chi connectivity index (χ1) is 11.0. The number of hydrogen-bond donors (Lipinski definition) is 2. The van der Waals surface area contributed by atoms with Crippen molar-refractivity contribution >= 4 is 7.62 Å². The maximum atomic E-state index is 12.2. The molecular formula is C15H21BF3N2O2. The van der Waals surface area contributed by atoms with Crippen LogP contribution in [-0.4, -0.2) is 33.2 Å². The number of halogens is 3. The van der Waals surface area contributed by atoms with Gasteiger partial charge in [-0.3, -0.25) is 0 Å². The van der Waals surface area contributed by atoms with Crippen molar-refractivity contribution in [3.05, 3.63) is 29.8 Å². The van der Waals surface area contributed by atoms with Crippen molar-refractivity contribution in [1.82, 2.24) is 10.5 Å². The van der Waals surface area contributed by atoms with Gasteiger partial charge in [-0.25, -0.2) is 0 Å². The van der Waals surface area contributed by atoms with E-state index in [2.05, 4.69) is 15.3 Å². The van der Waals surface area contributed by atoms with Crippen molar-refractivity contribution in [3.8, 4) is 5.75 Å². The molecule has 0 unspecified atom stereocenters. The summed E-state index contributed by atoms with van der Waals surface area (Å²) in [5, 5.41) is 6.60. The third-order valence-electron chi connectivity index (χ3n) is 3.88. The van der Waals surface area contributed by atoms with Gasteiger partial charge in [-0.1, -0.05) is 12.1 Å². The minimum atomic E-state index is -4.66. The largest absolute Gasteiger partial charge is 0.573 e. The highest BCUT2D eigenvalue weighted by Gasteiger charge is 2.31. The molecule has 1 aliphatic carbocycles. The SMILES string of the molecule is CO[B]NC1CCC(NCc2cccc(OC(F)(F)F)c2)CC1. The van der Waals surface area contributed by atoms with Crippen LogP contribution in [0.15, 0.2) is 24.3 Å². The van der Waals surface area contributed by atoms with Gasteiger partial charge in [-0.05, 0) is 49.4 Å². The van der Waals surface area contributed by atoms with Gasteiger partial charge in [-0.2, -0.15) is 0 Å². The number of rotatable bonds is 7. The summed E-state index contributed by atoms with van der Waals surface area (Å²) in [6.07, 6.45) is -0.540. The van der Waals surface area contributed by atoms with Gasteiger partial charge in [0.1, 0.15) is 5.75 Å². The summed E-state index contributed by atoms with van der Waals surface area (Å²) in [5.41, 5.74) is 0.778. The van der Waals surface area contributed by atoms with Crippen LogP contribution in [0, 0.1) is 0 Å². The third kappa shape index (κ3) is 6.80. The Bertz CT molecular complexity index is 480. The molecule has 0 amide bonds. The van der Waals surface area contributed by atoms with E-state index in [-0.39, 0.29) is 5.75 Å². The van der Waals surface area contributed by atoms with Crippen LogP contribution in [0.1, 0.15) is 31.2 Å². The summed E-state index contributed by atoms with van der Waals surface area (Å²) < 4.78 is 45.5. The lowest BCUT2D eigenvalue weighted by molar-refractivity contribution is -0.274. The van der Waals surface area contributed by atoms with E-state index < -0.39 is 6.36 Å². The lowest BCUT2D eigenvalue weighted by Gasteiger charge is -2.29. The molecule has 0 aromatic heterocycles. The quantitative estimate of drug-likeness (QED) is 0.755. The topological polar surface area (TPSA) is 42.5 Å². The zero-order valence-corrected chi connectivity index (χ0v) is 13.0. The van der Waals surface area contributed by atoms with Gasteiger partial charge in [0.2, 0.25) is 0 Å². The van der Waals surface area contributed by atoms with Crippen LogP contribution in [0.25, 0.3) is 0 Å². The van der Waals surface area contributed by atoms with E-state index in [1.807, 2.05) is 0 Å². The second kappa shape index (κ2) is 8.56. The summed E-state index contributed by atoms with van der Waals surface area (Å²) in [5.74, 6) is -0.181. The average Bonchev–Trinajstić information content (AvgIpc) is 2.51. The van der Waals surface area contributed by atoms with E-state index in [1.165, 1.54) is 12.1 Å². The molecule has 0 spiro atoms. The van der Waals surface area contributed by atoms with E-state index in [1.54, 1.807) is 26.9 Å². The zero-order valence-electron chi connectivity index (χ0n) is 13.0. The molecule has 1 aromatic carbocycles. The molecule has 1 saturated carbocycles. The minimum absolute atomic E-state index is 0.181. The van der Waals surface area contributed by atoms with Crippen molar-refractivity contribution < 1.29 is 22.6 Å². The molecule has 23 heavy (non-hydrogen) atoms. The molecule has 0 saturated heterocycles. The number of hydrogen-bond acceptors (Lipinski definition) is 4. The van der Waals surface area contributed by atoms with Crippen molar-refractivity contribution in [3.63, 3.8) is 0 Å². The van der Waals surface area contributed by atoms with Crippen molar-refractivity contribution in [2.45, 2.75) is 50.7 Å². The van der Waals surface area contributed by atoms with E-state index in [9.17, 15) is 13.2 Å². The van der Waals surface area contributed by atoms with Gasteiger partial charge in [0.05, 0.1) is 0 Å². The fourth-order valence-electron chi connectivity index (χ4n) is 2.74. The van der Waals surface area contributed by atoms with Gasteiger partial charge in [0.25, 0.3) is 0 Å². The van der Waals surface area contributed by atoms with Gasteiger partial charge in [-0.15, -0.1) is 13.2 Å². The Balaban J connectivity index is 1.75. The molecule has 1 fully saturated rings. The van der Waals surface area contributed by atoms with Gasteiger partial charge < -0.3 is 19.9 Å². The smallest absolute Gasteiger partial charge is 0.427 e. The molecule has 2 rings (SSSR count). The second-order valence-corrected chi connectivity index (χ2v) is 5.64. The second-order valence-electron chi connectivity index (χ2n) is 5.64. The summed E-state index contributed by atoms with van der Waals surface area (Å²) in [6, 6.07) is 6.89. The fraction of sp³-hybridized carbons (Fsp3) is 0.600. The lowest BCUT2D eigenvalue weighted by Crippen LogP contribution is -2.41. The first kappa shape index (κ1) is 18.1. The van der Waals surface area contributed by atoms with Crippen LogP contribution in [0.4, 0.5) is 13.2 Å². The molecular weight excluding hydrogens is 308 g/mol. The highest BCUT2D eigenvalue weighted by Crippen LogP contribution is 2.24. The molecule has 1 aliphatic rings. The zero-order chi connectivity index (χ0) is 16.7. The molecule has 0 atom stereocenters. The number of nitrogens with one attached hydrogen (secondary N) is 2. The molecule has 0 bridgehead atoms. The monoisotopic (exact) mass is 329 g/mol. The highest BCUT2D eigenvalue weighted by molar-refractivity contribution is 6.23. The Hall–Kier alpha value is -1.25. The van der Waals surface area contributed by atoms with Crippen LogP contribution in [0.2, 0.25) is 0 Å². The summed E-state index contributed by atoms with van der Waals surface area (Å²) in [6.45, 7) is 0.530. The van der Waals surface area contributed by atoms with Crippen molar-refractivity contribution in [2.75, 3.05) is 7.11 Å². The Morgan fingerprint density at radius 3 is 2.52 bits per heavy atom. The lowest BCUT2D eigenvalue weighted by atomic mass is 9.89. The summed E-state index contributed by atoms with van der Waals surface area (Å²) in [7, 11) is 3.21. The maximum Gasteiger partial charge on any atom is 0.573 e. The maximum absolute atomic E-state index is 12.2. The molecule has 8 heteroatoms.